The molecule has 4 rings (SSSR count). The third-order valence-electron chi connectivity index (χ3n) is 5.46. The maximum Gasteiger partial charge on any atom is 0.274 e. The number of nitrogens with zero attached hydrogens (tertiary/aromatic N) is 3. The Morgan fingerprint density at radius 2 is 1.76 bits per heavy atom. The van der Waals surface area contributed by atoms with Gasteiger partial charge in [-0.3, -0.25) is 19.2 Å². The number of hydrogen-bond acceptors (Lipinski definition) is 5. The minimum Gasteiger partial charge on any atom is -0.353 e. The van der Waals surface area contributed by atoms with E-state index in [9.17, 15) is 19.2 Å². The van der Waals surface area contributed by atoms with Crippen molar-refractivity contribution in [2.45, 2.75) is 26.3 Å². The highest BCUT2D eigenvalue weighted by Gasteiger charge is 2.22. The van der Waals surface area contributed by atoms with Gasteiger partial charge >= 0.3 is 0 Å². The van der Waals surface area contributed by atoms with Crippen molar-refractivity contribution in [2.75, 3.05) is 25.0 Å². The topological polar surface area (TPSA) is 113 Å². The van der Waals surface area contributed by atoms with Crippen LogP contribution >= 0.6 is 0 Å². The van der Waals surface area contributed by atoms with Crippen molar-refractivity contribution in [1.82, 2.24) is 20.0 Å². The fourth-order valence-electron chi connectivity index (χ4n) is 3.80. The Morgan fingerprint density at radius 1 is 1.06 bits per heavy atom. The van der Waals surface area contributed by atoms with Crippen LogP contribution in [0.2, 0.25) is 0 Å². The number of aromatic nitrogens is 2. The van der Waals surface area contributed by atoms with Crippen LogP contribution in [0, 0.1) is 0 Å². The van der Waals surface area contributed by atoms with Crippen molar-refractivity contribution >= 4 is 34.2 Å². The molecule has 0 bridgehead atoms. The molecule has 33 heavy (non-hydrogen) atoms. The van der Waals surface area contributed by atoms with Crippen molar-refractivity contribution in [3.8, 4) is 0 Å². The number of fused-ring (bicyclic) bond motifs is 1. The van der Waals surface area contributed by atoms with Crippen molar-refractivity contribution in [2.24, 2.45) is 0 Å². The number of hydrogen-bond donors (Lipinski definition) is 2. The lowest BCUT2D eigenvalue weighted by molar-refractivity contribution is -0.123. The molecule has 3 aromatic rings. The van der Waals surface area contributed by atoms with E-state index in [0.29, 0.717) is 40.8 Å². The molecule has 1 aliphatic rings. The van der Waals surface area contributed by atoms with Gasteiger partial charge in [0, 0.05) is 29.7 Å². The van der Waals surface area contributed by atoms with Gasteiger partial charge in [0.2, 0.25) is 11.8 Å². The molecule has 1 saturated heterocycles. The first-order valence-corrected chi connectivity index (χ1v) is 10.8. The molecule has 0 spiro atoms. The summed E-state index contributed by atoms with van der Waals surface area (Å²) >= 11 is 0. The second-order valence-electron chi connectivity index (χ2n) is 8.21. The van der Waals surface area contributed by atoms with E-state index in [4.69, 9.17) is 0 Å². The van der Waals surface area contributed by atoms with Gasteiger partial charge < -0.3 is 15.5 Å². The first-order valence-electron chi connectivity index (χ1n) is 10.8. The molecule has 9 nitrogen and oxygen atoms in total. The summed E-state index contributed by atoms with van der Waals surface area (Å²) in [5.74, 6) is -0.689. The maximum absolute atomic E-state index is 12.7. The lowest BCUT2D eigenvalue weighted by atomic mass is 10.1. The van der Waals surface area contributed by atoms with Gasteiger partial charge in [0.05, 0.1) is 30.1 Å². The minimum atomic E-state index is -0.284. The predicted octanol–water partition coefficient (Wildman–Crippen LogP) is 1.73. The summed E-state index contributed by atoms with van der Waals surface area (Å²) in [5, 5.41) is 11.1. The van der Waals surface area contributed by atoms with E-state index in [2.05, 4.69) is 15.7 Å². The largest absolute Gasteiger partial charge is 0.353 e. The predicted molar refractivity (Wildman–Crippen MR) is 124 cm³/mol. The quantitative estimate of drug-likeness (QED) is 0.618. The Kier molecular flexibility index (Phi) is 6.21. The Morgan fingerprint density at radius 3 is 2.42 bits per heavy atom. The van der Waals surface area contributed by atoms with E-state index >= 15 is 0 Å². The number of anilines is 1. The van der Waals surface area contributed by atoms with Crippen LogP contribution in [-0.2, 0) is 16.0 Å². The van der Waals surface area contributed by atoms with Crippen molar-refractivity contribution in [3.05, 3.63) is 70.1 Å². The zero-order chi connectivity index (χ0) is 23.5. The maximum atomic E-state index is 12.7. The molecule has 170 valence electrons. The van der Waals surface area contributed by atoms with Gasteiger partial charge in [-0.15, -0.1) is 0 Å². The van der Waals surface area contributed by atoms with Gasteiger partial charge in [-0.2, -0.15) is 5.10 Å². The van der Waals surface area contributed by atoms with E-state index in [0.717, 1.165) is 0 Å². The molecular formula is C24H25N5O4. The minimum absolute atomic E-state index is 0.00289. The molecular weight excluding hydrogens is 422 g/mol. The average molecular weight is 447 g/mol. The molecule has 0 aliphatic carbocycles. The summed E-state index contributed by atoms with van der Waals surface area (Å²) in [4.78, 5) is 51.0. The molecule has 2 heterocycles. The van der Waals surface area contributed by atoms with E-state index < -0.39 is 0 Å². The van der Waals surface area contributed by atoms with Gasteiger partial charge in [-0.1, -0.05) is 18.2 Å². The van der Waals surface area contributed by atoms with Crippen LogP contribution in [0.15, 0.2) is 53.3 Å². The zero-order valence-corrected chi connectivity index (χ0v) is 18.5. The number of piperazine rings is 1. The summed E-state index contributed by atoms with van der Waals surface area (Å²) < 4.78 is 1.40. The van der Waals surface area contributed by atoms with E-state index in [1.54, 1.807) is 42.5 Å². The Bertz CT molecular complexity index is 1280. The van der Waals surface area contributed by atoms with Crippen molar-refractivity contribution in [3.63, 3.8) is 0 Å². The fraction of sp³-hybridized carbons (Fsp3) is 0.292. The summed E-state index contributed by atoms with van der Waals surface area (Å²) in [5.41, 5.74) is 1.32. The van der Waals surface area contributed by atoms with Gasteiger partial charge in [-0.05, 0) is 44.2 Å². The molecule has 0 atom stereocenters. The number of carbonyl (C=O) groups excluding carboxylic acids is 3. The smallest absolute Gasteiger partial charge is 0.274 e. The second-order valence-corrected chi connectivity index (χ2v) is 8.21. The fourth-order valence-corrected chi connectivity index (χ4v) is 3.80. The standard InChI is InChI=1S/C24H25N5O4/c1-15(2)29-24(33)19-6-4-3-5-18(19)20(27-29)13-21(30)26-17-9-7-16(8-10-17)23(32)28-12-11-25-22(31)14-28/h3-10,15H,11-14H2,1-2H3,(H,25,31)(H,26,30). The average Bonchev–Trinajstić information content (AvgIpc) is 2.81. The van der Waals surface area contributed by atoms with Crippen LogP contribution in [0.1, 0.15) is 35.9 Å². The summed E-state index contributed by atoms with van der Waals surface area (Å²) in [6.45, 7) is 4.67. The SMILES string of the molecule is CC(C)n1nc(CC(=O)Nc2ccc(C(=O)N3CCNC(=O)C3)cc2)c2ccccc2c1=O. The van der Waals surface area contributed by atoms with Gasteiger partial charge in [0.25, 0.3) is 11.5 Å². The van der Waals surface area contributed by atoms with E-state index in [1.165, 1.54) is 9.58 Å². The van der Waals surface area contributed by atoms with Crippen LogP contribution in [0.5, 0.6) is 0 Å². The molecule has 0 radical (unpaired) electrons. The third kappa shape index (κ3) is 4.77. The second kappa shape index (κ2) is 9.23. The van der Waals surface area contributed by atoms with Crippen LogP contribution < -0.4 is 16.2 Å². The molecule has 0 saturated carbocycles. The molecule has 1 aromatic heterocycles. The van der Waals surface area contributed by atoms with E-state index in [-0.39, 0.29) is 42.3 Å². The molecule has 3 amide bonds. The van der Waals surface area contributed by atoms with Crippen LogP contribution in [0.4, 0.5) is 5.69 Å². The van der Waals surface area contributed by atoms with Gasteiger partial charge in [-0.25, -0.2) is 4.68 Å². The molecule has 1 aliphatic heterocycles. The number of benzene rings is 2. The molecule has 1 fully saturated rings. The van der Waals surface area contributed by atoms with Gasteiger partial charge in [0.1, 0.15) is 0 Å². The lowest BCUT2D eigenvalue weighted by Gasteiger charge is -2.26. The summed E-state index contributed by atoms with van der Waals surface area (Å²) in [6.07, 6.45) is -0.00289. The lowest BCUT2D eigenvalue weighted by Crippen LogP contribution is -2.49. The van der Waals surface area contributed by atoms with Crippen LogP contribution in [0.3, 0.4) is 0 Å². The van der Waals surface area contributed by atoms with Crippen molar-refractivity contribution in [1.29, 1.82) is 0 Å². The van der Waals surface area contributed by atoms with Gasteiger partial charge in [0.15, 0.2) is 0 Å². The summed E-state index contributed by atoms with van der Waals surface area (Å²) in [6, 6.07) is 13.5. The Hall–Kier alpha value is -4.01. The highest BCUT2D eigenvalue weighted by Crippen LogP contribution is 2.17. The van der Waals surface area contributed by atoms with Crippen LogP contribution in [0.25, 0.3) is 10.8 Å². The number of amides is 3. The Labute approximate surface area is 190 Å². The Balaban J connectivity index is 1.49. The first kappa shape index (κ1) is 22.2. The number of rotatable bonds is 5. The summed E-state index contributed by atoms with van der Waals surface area (Å²) in [7, 11) is 0. The first-order chi connectivity index (χ1) is 15.8. The van der Waals surface area contributed by atoms with Crippen molar-refractivity contribution < 1.29 is 14.4 Å². The molecule has 2 aromatic carbocycles. The normalized spacial score (nSPS) is 13.8. The highest BCUT2D eigenvalue weighted by atomic mass is 16.2. The monoisotopic (exact) mass is 447 g/mol. The van der Waals surface area contributed by atoms with Crippen LogP contribution in [-0.4, -0.2) is 52.0 Å². The molecule has 2 N–H and O–H groups in total. The molecule has 0 unspecified atom stereocenters. The zero-order valence-electron chi connectivity index (χ0n) is 18.5. The highest BCUT2D eigenvalue weighted by molar-refractivity contribution is 5.98. The molecule has 9 heteroatoms. The number of carbonyl (C=O) groups is 3. The number of nitrogens with one attached hydrogen (secondary N) is 2. The van der Waals surface area contributed by atoms with E-state index in [1.807, 2.05) is 19.9 Å². The third-order valence-corrected chi connectivity index (χ3v) is 5.46.